The first-order valence-electron chi connectivity index (χ1n) is 7.70. The van der Waals surface area contributed by atoms with Crippen molar-refractivity contribution in [2.24, 2.45) is 0 Å². The molecule has 1 atom stereocenters. The normalized spacial score (nSPS) is 19.1. The van der Waals surface area contributed by atoms with Gasteiger partial charge in [0, 0.05) is 43.0 Å². The predicted octanol–water partition coefficient (Wildman–Crippen LogP) is 3.05. The highest BCUT2D eigenvalue weighted by molar-refractivity contribution is 5.55. The topological polar surface area (TPSA) is 26.7 Å². The highest BCUT2D eigenvalue weighted by atomic mass is 16.3. The van der Waals surface area contributed by atoms with Crippen molar-refractivity contribution in [1.82, 2.24) is 4.90 Å². The number of hydrogen-bond acceptors (Lipinski definition) is 3. The summed E-state index contributed by atoms with van der Waals surface area (Å²) in [6.45, 7) is 13.1. The van der Waals surface area contributed by atoms with Gasteiger partial charge in [0.05, 0.1) is 6.10 Å². The minimum atomic E-state index is -0.355. The summed E-state index contributed by atoms with van der Waals surface area (Å²) in [5.41, 5.74) is 2.52. The maximum atomic E-state index is 10.2. The Kier molecular flexibility index (Phi) is 4.71. The van der Waals surface area contributed by atoms with Gasteiger partial charge in [-0.15, -0.1) is 0 Å². The number of aliphatic hydroxyl groups excluding tert-OH is 1. The van der Waals surface area contributed by atoms with E-state index in [9.17, 15) is 5.11 Å². The first kappa shape index (κ1) is 15.3. The van der Waals surface area contributed by atoms with Crippen LogP contribution in [0.25, 0.3) is 0 Å². The SMILES string of the molecule is CC[C@H](O)c1ccccc1N1CCN(C(C)(C)C)CC1. The number of piperazine rings is 1. The summed E-state index contributed by atoms with van der Waals surface area (Å²) >= 11 is 0. The van der Waals surface area contributed by atoms with Crippen LogP contribution in [-0.2, 0) is 0 Å². The lowest BCUT2D eigenvalue weighted by Crippen LogP contribution is -2.53. The molecule has 2 rings (SSSR count). The molecule has 0 spiro atoms. The van der Waals surface area contributed by atoms with Crippen molar-refractivity contribution in [2.45, 2.75) is 45.8 Å². The van der Waals surface area contributed by atoms with Gasteiger partial charge in [-0.05, 0) is 33.3 Å². The molecule has 0 saturated carbocycles. The average molecular weight is 276 g/mol. The van der Waals surface area contributed by atoms with Gasteiger partial charge in [-0.2, -0.15) is 0 Å². The second kappa shape index (κ2) is 6.15. The molecule has 1 aromatic carbocycles. The number of anilines is 1. The first-order chi connectivity index (χ1) is 9.43. The summed E-state index contributed by atoms with van der Waals surface area (Å²) in [4.78, 5) is 4.94. The number of benzene rings is 1. The van der Waals surface area contributed by atoms with Gasteiger partial charge in [0.25, 0.3) is 0 Å². The summed E-state index contributed by atoms with van der Waals surface area (Å²) in [5, 5.41) is 10.2. The average Bonchev–Trinajstić information content (AvgIpc) is 2.45. The van der Waals surface area contributed by atoms with Gasteiger partial charge in [0.2, 0.25) is 0 Å². The second-order valence-electron chi connectivity index (χ2n) is 6.63. The summed E-state index contributed by atoms with van der Waals surface area (Å²) in [5.74, 6) is 0. The molecule has 0 unspecified atom stereocenters. The molecule has 3 heteroatoms. The number of aliphatic hydroxyl groups is 1. The Bertz CT molecular complexity index is 431. The molecule has 1 saturated heterocycles. The molecule has 1 fully saturated rings. The zero-order chi connectivity index (χ0) is 14.8. The van der Waals surface area contributed by atoms with Crippen molar-refractivity contribution < 1.29 is 5.11 Å². The van der Waals surface area contributed by atoms with E-state index in [2.05, 4.69) is 48.8 Å². The molecule has 0 aromatic heterocycles. The molecule has 0 radical (unpaired) electrons. The van der Waals surface area contributed by atoms with E-state index in [4.69, 9.17) is 0 Å². The van der Waals surface area contributed by atoms with E-state index < -0.39 is 0 Å². The van der Waals surface area contributed by atoms with Crippen LogP contribution < -0.4 is 4.90 Å². The van der Waals surface area contributed by atoms with Crippen molar-refractivity contribution in [3.8, 4) is 0 Å². The lowest BCUT2D eigenvalue weighted by molar-refractivity contribution is 0.128. The molecule has 1 N–H and O–H groups in total. The lowest BCUT2D eigenvalue weighted by Gasteiger charge is -2.43. The number of nitrogens with zero attached hydrogens (tertiary/aromatic N) is 2. The number of para-hydroxylation sites is 1. The highest BCUT2D eigenvalue weighted by Crippen LogP contribution is 2.29. The van der Waals surface area contributed by atoms with Crippen LogP contribution in [0.4, 0.5) is 5.69 Å². The van der Waals surface area contributed by atoms with E-state index in [-0.39, 0.29) is 11.6 Å². The molecule has 3 nitrogen and oxygen atoms in total. The minimum absolute atomic E-state index is 0.245. The largest absolute Gasteiger partial charge is 0.388 e. The summed E-state index contributed by atoms with van der Waals surface area (Å²) < 4.78 is 0. The Labute approximate surface area is 123 Å². The van der Waals surface area contributed by atoms with Crippen molar-refractivity contribution in [3.05, 3.63) is 29.8 Å². The van der Waals surface area contributed by atoms with E-state index in [0.29, 0.717) is 0 Å². The molecule has 1 aliphatic rings. The van der Waals surface area contributed by atoms with E-state index in [0.717, 1.165) is 38.2 Å². The molecular weight excluding hydrogens is 248 g/mol. The third-order valence-electron chi connectivity index (χ3n) is 4.25. The Morgan fingerprint density at radius 2 is 1.70 bits per heavy atom. The van der Waals surface area contributed by atoms with Crippen molar-refractivity contribution in [2.75, 3.05) is 31.1 Å². The molecule has 0 aliphatic carbocycles. The van der Waals surface area contributed by atoms with Gasteiger partial charge in [-0.1, -0.05) is 25.1 Å². The maximum absolute atomic E-state index is 10.2. The summed E-state index contributed by atoms with van der Waals surface area (Å²) in [6.07, 6.45) is 0.408. The smallest absolute Gasteiger partial charge is 0.0807 e. The van der Waals surface area contributed by atoms with Crippen LogP contribution in [0.5, 0.6) is 0 Å². The van der Waals surface area contributed by atoms with Crippen LogP contribution in [-0.4, -0.2) is 41.7 Å². The van der Waals surface area contributed by atoms with Crippen LogP contribution in [0, 0.1) is 0 Å². The molecule has 20 heavy (non-hydrogen) atoms. The minimum Gasteiger partial charge on any atom is -0.388 e. The first-order valence-corrected chi connectivity index (χ1v) is 7.70. The number of hydrogen-bond donors (Lipinski definition) is 1. The Hall–Kier alpha value is -1.06. The van der Waals surface area contributed by atoms with E-state index in [1.54, 1.807) is 0 Å². The fourth-order valence-electron chi connectivity index (χ4n) is 2.90. The lowest BCUT2D eigenvalue weighted by atomic mass is 10.0. The van der Waals surface area contributed by atoms with Crippen molar-refractivity contribution in [3.63, 3.8) is 0 Å². The maximum Gasteiger partial charge on any atom is 0.0807 e. The Balaban J connectivity index is 2.11. The molecule has 1 heterocycles. The van der Waals surface area contributed by atoms with Gasteiger partial charge >= 0.3 is 0 Å². The predicted molar refractivity (Wildman–Crippen MR) is 85.2 cm³/mol. The van der Waals surface area contributed by atoms with E-state index in [1.165, 1.54) is 5.69 Å². The van der Waals surface area contributed by atoms with Crippen LogP contribution >= 0.6 is 0 Å². The summed E-state index contributed by atoms with van der Waals surface area (Å²) in [7, 11) is 0. The monoisotopic (exact) mass is 276 g/mol. The Morgan fingerprint density at radius 1 is 1.10 bits per heavy atom. The third kappa shape index (κ3) is 3.33. The molecule has 0 bridgehead atoms. The fourth-order valence-corrected chi connectivity index (χ4v) is 2.90. The second-order valence-corrected chi connectivity index (χ2v) is 6.63. The number of rotatable bonds is 3. The molecule has 112 valence electrons. The molecule has 0 amide bonds. The Morgan fingerprint density at radius 3 is 2.25 bits per heavy atom. The molecule has 1 aromatic rings. The van der Waals surface area contributed by atoms with Gasteiger partial charge in [0.1, 0.15) is 0 Å². The van der Waals surface area contributed by atoms with E-state index in [1.807, 2.05) is 13.0 Å². The van der Waals surface area contributed by atoms with Gasteiger partial charge < -0.3 is 10.0 Å². The summed E-state index contributed by atoms with van der Waals surface area (Å²) in [6, 6.07) is 8.28. The fraction of sp³-hybridized carbons (Fsp3) is 0.647. The van der Waals surface area contributed by atoms with Crippen LogP contribution in [0.15, 0.2) is 24.3 Å². The molecular formula is C17H28N2O. The van der Waals surface area contributed by atoms with Crippen LogP contribution in [0.1, 0.15) is 45.8 Å². The highest BCUT2D eigenvalue weighted by Gasteiger charge is 2.27. The van der Waals surface area contributed by atoms with Crippen molar-refractivity contribution >= 4 is 5.69 Å². The van der Waals surface area contributed by atoms with Gasteiger partial charge in [0.15, 0.2) is 0 Å². The molecule has 1 aliphatic heterocycles. The van der Waals surface area contributed by atoms with Crippen LogP contribution in [0.2, 0.25) is 0 Å². The zero-order valence-corrected chi connectivity index (χ0v) is 13.3. The van der Waals surface area contributed by atoms with Crippen molar-refractivity contribution in [1.29, 1.82) is 0 Å². The van der Waals surface area contributed by atoms with Gasteiger partial charge in [-0.25, -0.2) is 0 Å². The third-order valence-corrected chi connectivity index (χ3v) is 4.25. The zero-order valence-electron chi connectivity index (χ0n) is 13.3. The standard InChI is InChI=1S/C17H28N2O/c1-5-16(20)14-8-6-7-9-15(14)18-10-12-19(13-11-18)17(2,3)4/h6-9,16,20H,5,10-13H2,1-4H3/t16-/m0/s1. The van der Waals surface area contributed by atoms with Crippen LogP contribution in [0.3, 0.4) is 0 Å². The van der Waals surface area contributed by atoms with Gasteiger partial charge in [-0.3, -0.25) is 4.90 Å². The van der Waals surface area contributed by atoms with E-state index >= 15 is 0 Å². The quantitative estimate of drug-likeness (QED) is 0.919.